The van der Waals surface area contributed by atoms with Crippen LogP contribution in [0.5, 0.6) is 0 Å². The van der Waals surface area contributed by atoms with E-state index in [0.717, 1.165) is 42.2 Å². The molecule has 1 atom stereocenters. The van der Waals surface area contributed by atoms with Crippen LogP contribution in [0.25, 0.3) is 27.9 Å². The third-order valence-corrected chi connectivity index (χ3v) is 7.13. The Hall–Kier alpha value is -4.74. The van der Waals surface area contributed by atoms with Gasteiger partial charge in [0.15, 0.2) is 5.82 Å². The number of fused-ring (bicyclic) bond motifs is 3. The molecule has 3 N–H and O–H groups in total. The number of H-pyrrole nitrogens is 1. The summed E-state index contributed by atoms with van der Waals surface area (Å²) >= 11 is 0. The number of aromatic nitrogens is 5. The van der Waals surface area contributed by atoms with Crippen LogP contribution in [0, 0.1) is 13.8 Å². The molecule has 6 rings (SSSR count). The van der Waals surface area contributed by atoms with E-state index in [0.29, 0.717) is 28.5 Å². The lowest BCUT2D eigenvalue weighted by atomic mass is 10.1. The summed E-state index contributed by atoms with van der Waals surface area (Å²) < 4.78 is 65.3. The smallest absolute Gasteiger partial charge is 0.475 e. The normalized spacial score (nSPS) is 16.9. The Morgan fingerprint density at radius 2 is 1.60 bits per heavy atom. The SMILES string of the molecule is Cc1cn2nc(-c3nc4ccc(N5CCN6CCC[C@H]6C5)cc4c(=O)[nH]3)cc2c(C)n1.O=C(O)C(F)(F)F.O=C(O)C(F)(F)F. The van der Waals surface area contributed by atoms with Crippen molar-refractivity contribution in [2.45, 2.75) is 45.1 Å². The van der Waals surface area contributed by atoms with Crippen molar-refractivity contribution in [2.24, 2.45) is 0 Å². The maximum absolute atomic E-state index is 13.0. The number of carbonyl (C=O) groups is 2. The summed E-state index contributed by atoms with van der Waals surface area (Å²) in [5.41, 5.74) is 4.98. The van der Waals surface area contributed by atoms with Crippen LogP contribution in [0.3, 0.4) is 0 Å². The molecule has 45 heavy (non-hydrogen) atoms. The molecule has 5 heterocycles. The van der Waals surface area contributed by atoms with E-state index in [4.69, 9.17) is 24.8 Å². The van der Waals surface area contributed by atoms with E-state index < -0.39 is 24.3 Å². The first-order valence-corrected chi connectivity index (χ1v) is 13.4. The van der Waals surface area contributed by atoms with Gasteiger partial charge in [0, 0.05) is 31.4 Å². The molecule has 12 nitrogen and oxygen atoms in total. The van der Waals surface area contributed by atoms with Gasteiger partial charge in [0.05, 0.1) is 34.0 Å². The Labute approximate surface area is 249 Å². The van der Waals surface area contributed by atoms with Crippen LogP contribution in [-0.4, -0.2) is 96.2 Å². The Morgan fingerprint density at radius 3 is 2.22 bits per heavy atom. The summed E-state index contributed by atoms with van der Waals surface area (Å²) in [7, 11) is 0. The van der Waals surface area contributed by atoms with Crippen LogP contribution in [0.4, 0.5) is 32.0 Å². The molecule has 242 valence electrons. The molecular formula is C27H27F6N7O5. The predicted molar refractivity (Wildman–Crippen MR) is 148 cm³/mol. The van der Waals surface area contributed by atoms with Gasteiger partial charge in [0.25, 0.3) is 5.56 Å². The molecule has 2 aliphatic rings. The molecule has 0 amide bonds. The lowest BCUT2D eigenvalue weighted by Gasteiger charge is -2.38. The average molecular weight is 644 g/mol. The molecule has 2 fully saturated rings. The average Bonchev–Trinajstić information content (AvgIpc) is 3.59. The lowest BCUT2D eigenvalue weighted by Crippen LogP contribution is -2.50. The highest BCUT2D eigenvalue weighted by Gasteiger charge is 2.39. The molecule has 0 aliphatic carbocycles. The van der Waals surface area contributed by atoms with Crippen LogP contribution in [0.1, 0.15) is 24.2 Å². The predicted octanol–water partition coefficient (Wildman–Crippen LogP) is 3.80. The van der Waals surface area contributed by atoms with E-state index in [1.807, 2.05) is 38.2 Å². The third kappa shape index (κ3) is 7.86. The molecule has 0 spiro atoms. The highest BCUT2D eigenvalue weighted by Crippen LogP contribution is 2.27. The topological polar surface area (TPSA) is 157 Å². The second-order valence-corrected chi connectivity index (χ2v) is 10.3. The number of aromatic amines is 1. The van der Waals surface area contributed by atoms with Gasteiger partial charge >= 0.3 is 24.3 Å². The lowest BCUT2D eigenvalue weighted by molar-refractivity contribution is -0.193. The largest absolute Gasteiger partial charge is 0.490 e. The van der Waals surface area contributed by atoms with E-state index in [1.54, 1.807) is 4.52 Å². The van der Waals surface area contributed by atoms with Crippen molar-refractivity contribution in [2.75, 3.05) is 31.1 Å². The molecule has 0 unspecified atom stereocenters. The number of benzene rings is 1. The van der Waals surface area contributed by atoms with E-state index >= 15 is 0 Å². The van der Waals surface area contributed by atoms with Gasteiger partial charge in [-0.2, -0.15) is 31.4 Å². The van der Waals surface area contributed by atoms with Crippen LogP contribution < -0.4 is 10.5 Å². The van der Waals surface area contributed by atoms with Crippen LogP contribution in [0.15, 0.2) is 35.3 Å². The van der Waals surface area contributed by atoms with Crippen molar-refractivity contribution in [3.05, 3.63) is 52.2 Å². The molecule has 3 aromatic heterocycles. The number of nitrogens with one attached hydrogen (secondary N) is 1. The van der Waals surface area contributed by atoms with E-state index in [9.17, 15) is 31.1 Å². The van der Waals surface area contributed by atoms with Crippen LogP contribution in [-0.2, 0) is 9.59 Å². The number of anilines is 1. The van der Waals surface area contributed by atoms with Crippen molar-refractivity contribution in [1.29, 1.82) is 0 Å². The fraction of sp³-hybridized carbons (Fsp3) is 0.407. The number of halogens is 6. The minimum absolute atomic E-state index is 0.135. The second kappa shape index (κ2) is 12.7. The number of aliphatic carboxylic acids is 2. The highest BCUT2D eigenvalue weighted by atomic mass is 19.4. The Bertz CT molecular complexity index is 1760. The summed E-state index contributed by atoms with van der Waals surface area (Å²) in [5.74, 6) is -5.04. The highest BCUT2D eigenvalue weighted by molar-refractivity contribution is 5.83. The summed E-state index contributed by atoms with van der Waals surface area (Å²) in [5, 5.41) is 19.5. The van der Waals surface area contributed by atoms with Crippen molar-refractivity contribution >= 4 is 34.0 Å². The van der Waals surface area contributed by atoms with Crippen molar-refractivity contribution < 1.29 is 46.1 Å². The van der Waals surface area contributed by atoms with Gasteiger partial charge in [-0.3, -0.25) is 14.7 Å². The fourth-order valence-electron chi connectivity index (χ4n) is 5.08. The van der Waals surface area contributed by atoms with Gasteiger partial charge in [0.2, 0.25) is 0 Å². The number of aryl methyl sites for hydroxylation is 2. The van der Waals surface area contributed by atoms with E-state index in [-0.39, 0.29) is 5.56 Å². The minimum atomic E-state index is -5.08. The second-order valence-electron chi connectivity index (χ2n) is 10.3. The van der Waals surface area contributed by atoms with E-state index in [1.165, 1.54) is 19.4 Å². The molecule has 0 bridgehead atoms. The number of alkyl halides is 6. The molecule has 1 aromatic carbocycles. The quantitative estimate of drug-likeness (QED) is 0.275. The molecule has 2 aliphatic heterocycles. The first kappa shape index (κ1) is 33.2. The first-order valence-electron chi connectivity index (χ1n) is 13.4. The fourth-order valence-corrected chi connectivity index (χ4v) is 5.08. The molecule has 0 saturated carbocycles. The maximum Gasteiger partial charge on any atom is 0.490 e. The number of carboxylic acid groups (broad SMARTS) is 2. The monoisotopic (exact) mass is 643 g/mol. The van der Waals surface area contributed by atoms with Gasteiger partial charge in [-0.1, -0.05) is 0 Å². The molecule has 18 heteroatoms. The van der Waals surface area contributed by atoms with Gasteiger partial charge < -0.3 is 20.1 Å². The van der Waals surface area contributed by atoms with Gasteiger partial charge in [-0.15, -0.1) is 0 Å². The Morgan fingerprint density at radius 1 is 0.956 bits per heavy atom. The van der Waals surface area contributed by atoms with Crippen molar-refractivity contribution in [1.82, 2.24) is 29.5 Å². The van der Waals surface area contributed by atoms with Gasteiger partial charge in [-0.05, 0) is 57.5 Å². The minimum Gasteiger partial charge on any atom is -0.475 e. The number of hydrogen-bond donors (Lipinski definition) is 3. The first-order chi connectivity index (χ1) is 20.9. The molecule has 4 aromatic rings. The summed E-state index contributed by atoms with van der Waals surface area (Å²) in [6.45, 7) is 8.24. The molecular weight excluding hydrogens is 616 g/mol. The van der Waals surface area contributed by atoms with Gasteiger partial charge in [-0.25, -0.2) is 19.1 Å². The number of nitrogens with zero attached hydrogens (tertiary/aromatic N) is 6. The number of rotatable bonds is 2. The maximum atomic E-state index is 13.0. The molecule has 2 saturated heterocycles. The zero-order valence-corrected chi connectivity index (χ0v) is 23.8. The number of hydrogen-bond acceptors (Lipinski definition) is 8. The number of piperazine rings is 1. The summed E-state index contributed by atoms with van der Waals surface area (Å²) in [4.78, 5) is 47.9. The van der Waals surface area contributed by atoms with Crippen LogP contribution in [0.2, 0.25) is 0 Å². The summed E-state index contributed by atoms with van der Waals surface area (Å²) in [6, 6.07) is 8.58. The van der Waals surface area contributed by atoms with Crippen LogP contribution >= 0.6 is 0 Å². The van der Waals surface area contributed by atoms with E-state index in [2.05, 4.69) is 30.9 Å². The molecule has 0 radical (unpaired) electrons. The Kier molecular flexibility index (Phi) is 9.36. The Balaban J connectivity index is 0.000000277. The standard InChI is InChI=1S/C23H25N7O.2C2HF3O2/c1-14-12-30-21(15(2)24-14)11-20(27-30)22-25-19-6-5-16(10-18(19)23(31)26-22)29-9-8-28-7-3-4-17(28)13-29;2*3-2(4,5)1(6)7/h5-6,10-12,17H,3-4,7-9,13H2,1-2H3,(H,25,26,31);2*(H,6,7)/t17-;;/m0../s1. The zero-order valence-electron chi connectivity index (χ0n) is 23.8. The zero-order chi connectivity index (χ0) is 33.3. The summed E-state index contributed by atoms with van der Waals surface area (Å²) in [6.07, 6.45) is -5.73. The third-order valence-electron chi connectivity index (χ3n) is 7.13. The number of carboxylic acids is 2. The van der Waals surface area contributed by atoms with Crippen molar-refractivity contribution in [3.63, 3.8) is 0 Å². The van der Waals surface area contributed by atoms with Crippen molar-refractivity contribution in [3.8, 4) is 11.5 Å². The van der Waals surface area contributed by atoms with Gasteiger partial charge in [0.1, 0.15) is 5.69 Å².